The van der Waals surface area contributed by atoms with E-state index >= 15 is 0 Å². The summed E-state index contributed by atoms with van der Waals surface area (Å²) < 4.78 is 11.6. The Kier molecular flexibility index (Phi) is 4.61. The topological polar surface area (TPSA) is 94.1 Å². The average Bonchev–Trinajstić information content (AvgIpc) is 3.44. The summed E-state index contributed by atoms with van der Waals surface area (Å²) in [4.78, 5) is 20.8. The second kappa shape index (κ2) is 7.57. The summed E-state index contributed by atoms with van der Waals surface area (Å²) in [6.07, 6.45) is 3.02. The molecule has 0 radical (unpaired) electrons. The van der Waals surface area contributed by atoms with Gasteiger partial charge in [0.05, 0.1) is 17.3 Å². The van der Waals surface area contributed by atoms with Gasteiger partial charge in [0.1, 0.15) is 5.52 Å². The van der Waals surface area contributed by atoms with Gasteiger partial charge in [0, 0.05) is 21.8 Å². The summed E-state index contributed by atoms with van der Waals surface area (Å²) in [6.45, 7) is 0. The third-order valence-corrected chi connectivity index (χ3v) is 4.98. The number of furan rings is 1. The molecule has 5 aromatic rings. The van der Waals surface area contributed by atoms with E-state index in [-0.39, 0.29) is 11.7 Å². The molecule has 3 aromatic heterocycles. The van der Waals surface area contributed by atoms with Crippen molar-refractivity contribution >= 4 is 38.7 Å². The first-order valence-corrected chi connectivity index (χ1v) is 9.80. The van der Waals surface area contributed by atoms with Crippen LogP contribution in [0.2, 0.25) is 0 Å². The summed E-state index contributed by atoms with van der Waals surface area (Å²) in [5.74, 6) is 0.636. The van der Waals surface area contributed by atoms with Gasteiger partial charge in [-0.2, -0.15) is 0 Å². The lowest BCUT2D eigenvalue weighted by molar-refractivity contribution is 0.0996. The first-order valence-electron chi connectivity index (χ1n) is 9.01. The maximum Gasteiger partial charge on any atom is 0.293 e. The molecule has 0 saturated heterocycles. The first-order chi connectivity index (χ1) is 14.7. The van der Waals surface area contributed by atoms with Crippen molar-refractivity contribution in [1.29, 1.82) is 0 Å². The minimum atomic E-state index is -0.413. The van der Waals surface area contributed by atoms with Crippen molar-refractivity contribution in [3.8, 4) is 22.6 Å². The number of fused-ring (bicyclic) bond motifs is 1. The molecule has 0 spiro atoms. The van der Waals surface area contributed by atoms with Gasteiger partial charge in [-0.3, -0.25) is 10.1 Å². The number of benzene rings is 2. The van der Waals surface area contributed by atoms with Crippen molar-refractivity contribution in [1.82, 2.24) is 15.1 Å². The predicted octanol–water partition coefficient (Wildman–Crippen LogP) is 5.56. The van der Waals surface area contributed by atoms with Crippen molar-refractivity contribution in [2.24, 2.45) is 0 Å². The zero-order valence-corrected chi connectivity index (χ0v) is 17.0. The van der Waals surface area contributed by atoms with E-state index in [1.165, 1.54) is 6.26 Å². The second-order valence-electron chi connectivity index (χ2n) is 6.45. The molecule has 0 fully saturated rings. The Morgan fingerprint density at radius 3 is 2.77 bits per heavy atom. The molecule has 30 heavy (non-hydrogen) atoms. The van der Waals surface area contributed by atoms with Crippen LogP contribution < -0.4 is 5.32 Å². The molecular weight excluding hydrogens is 448 g/mol. The van der Waals surface area contributed by atoms with Gasteiger partial charge in [-0.1, -0.05) is 39.3 Å². The van der Waals surface area contributed by atoms with Gasteiger partial charge in [-0.15, -0.1) is 0 Å². The second-order valence-corrected chi connectivity index (χ2v) is 7.37. The van der Waals surface area contributed by atoms with Gasteiger partial charge < -0.3 is 8.94 Å². The van der Waals surface area contributed by atoms with Crippen molar-refractivity contribution in [3.63, 3.8) is 0 Å². The minimum absolute atomic E-state index is 0.187. The smallest absolute Gasteiger partial charge is 0.293 e. The van der Waals surface area contributed by atoms with Crippen LogP contribution in [0.3, 0.4) is 0 Å². The Morgan fingerprint density at radius 1 is 1.00 bits per heavy atom. The van der Waals surface area contributed by atoms with Gasteiger partial charge in [0.25, 0.3) is 5.91 Å². The fourth-order valence-electron chi connectivity index (χ4n) is 3.09. The van der Waals surface area contributed by atoms with Crippen LogP contribution in [0.15, 0.2) is 86.5 Å². The zero-order valence-electron chi connectivity index (χ0n) is 15.4. The highest BCUT2D eigenvalue weighted by atomic mass is 79.9. The zero-order chi connectivity index (χ0) is 20.5. The largest absolute Gasteiger partial charge is 0.459 e. The summed E-state index contributed by atoms with van der Waals surface area (Å²) >= 11 is 3.48. The third-order valence-electron chi connectivity index (χ3n) is 4.48. The number of aromatic nitrogens is 3. The van der Waals surface area contributed by atoms with E-state index in [0.29, 0.717) is 11.5 Å². The number of hydrogen-bond donors (Lipinski definition) is 1. The molecule has 146 valence electrons. The van der Waals surface area contributed by atoms with E-state index < -0.39 is 5.91 Å². The van der Waals surface area contributed by atoms with Crippen LogP contribution in [-0.2, 0) is 0 Å². The number of nitrogens with one attached hydrogen (secondary N) is 1. The van der Waals surface area contributed by atoms with Crippen LogP contribution in [0, 0.1) is 0 Å². The number of nitrogens with zero attached hydrogens (tertiary/aromatic N) is 3. The molecular formula is C22H13BrN4O3. The number of hydrogen-bond acceptors (Lipinski definition) is 6. The average molecular weight is 461 g/mol. The van der Waals surface area contributed by atoms with Crippen LogP contribution in [0.4, 0.5) is 5.95 Å². The predicted molar refractivity (Wildman–Crippen MR) is 115 cm³/mol. The van der Waals surface area contributed by atoms with Crippen LogP contribution in [0.1, 0.15) is 10.6 Å². The summed E-state index contributed by atoms with van der Waals surface area (Å²) in [7, 11) is 0. The molecule has 3 heterocycles. The molecule has 0 aliphatic heterocycles. The van der Waals surface area contributed by atoms with Crippen LogP contribution in [0.5, 0.6) is 0 Å². The number of carbonyl (C=O) groups excluding carboxylic acids is 1. The van der Waals surface area contributed by atoms with Gasteiger partial charge in [-0.05, 0) is 42.5 Å². The number of anilines is 1. The van der Waals surface area contributed by atoms with Crippen LogP contribution >= 0.6 is 15.9 Å². The summed E-state index contributed by atoms with van der Waals surface area (Å²) in [5.41, 5.74) is 3.16. The lowest BCUT2D eigenvalue weighted by atomic mass is 10.0. The molecule has 0 aliphatic carbocycles. The fourth-order valence-corrected chi connectivity index (χ4v) is 3.49. The molecule has 1 N–H and O–H groups in total. The van der Waals surface area contributed by atoms with Crippen LogP contribution in [-0.4, -0.2) is 21.0 Å². The number of rotatable bonds is 4. The highest BCUT2D eigenvalue weighted by Crippen LogP contribution is 2.33. The molecule has 0 atom stereocenters. The molecule has 8 heteroatoms. The van der Waals surface area contributed by atoms with Gasteiger partial charge in [-0.25, -0.2) is 9.97 Å². The van der Waals surface area contributed by atoms with Crippen LogP contribution in [0.25, 0.3) is 33.5 Å². The maximum atomic E-state index is 12.2. The molecule has 5 rings (SSSR count). The lowest BCUT2D eigenvalue weighted by Crippen LogP contribution is -2.13. The van der Waals surface area contributed by atoms with E-state index in [9.17, 15) is 4.79 Å². The number of amides is 1. The molecule has 0 saturated carbocycles. The fraction of sp³-hybridized carbons (Fsp3) is 0. The molecule has 2 aromatic carbocycles. The number of carbonyl (C=O) groups is 1. The Hall–Kier alpha value is -3.78. The van der Waals surface area contributed by atoms with E-state index in [2.05, 4.69) is 36.4 Å². The van der Waals surface area contributed by atoms with Crippen molar-refractivity contribution in [2.45, 2.75) is 0 Å². The standard InChI is InChI=1S/C22H13BrN4O3/c23-15-4-1-3-14(11-15)20-16-12-13(6-7-18(16)27-30-20)17-8-9-24-22(25-17)26-21(28)19-5-2-10-29-19/h1-12H,(H,24,25,26,28). The van der Waals surface area contributed by atoms with Crippen molar-refractivity contribution < 1.29 is 13.7 Å². The highest BCUT2D eigenvalue weighted by molar-refractivity contribution is 9.10. The Labute approximate surface area is 178 Å². The van der Waals surface area contributed by atoms with E-state index in [4.69, 9.17) is 8.94 Å². The minimum Gasteiger partial charge on any atom is -0.459 e. The third kappa shape index (κ3) is 3.48. The van der Waals surface area contributed by atoms with E-state index in [1.54, 1.807) is 24.4 Å². The molecule has 0 bridgehead atoms. The molecule has 7 nitrogen and oxygen atoms in total. The van der Waals surface area contributed by atoms with E-state index in [1.807, 2.05) is 42.5 Å². The Bertz CT molecular complexity index is 1360. The summed E-state index contributed by atoms with van der Waals surface area (Å²) in [6, 6.07) is 18.5. The SMILES string of the molecule is O=C(Nc1nccc(-c2ccc3noc(-c4cccc(Br)c4)c3c2)n1)c1ccco1. The maximum absolute atomic E-state index is 12.2. The monoisotopic (exact) mass is 460 g/mol. The van der Waals surface area contributed by atoms with E-state index in [0.717, 1.165) is 26.5 Å². The highest BCUT2D eigenvalue weighted by Gasteiger charge is 2.14. The lowest BCUT2D eigenvalue weighted by Gasteiger charge is -2.05. The molecule has 1 amide bonds. The Balaban J connectivity index is 1.50. The van der Waals surface area contributed by atoms with Gasteiger partial charge in [0.2, 0.25) is 5.95 Å². The van der Waals surface area contributed by atoms with Crippen molar-refractivity contribution in [3.05, 3.63) is 83.4 Å². The Morgan fingerprint density at radius 2 is 1.93 bits per heavy atom. The normalized spacial score (nSPS) is 11.0. The van der Waals surface area contributed by atoms with Gasteiger partial charge >= 0.3 is 0 Å². The van der Waals surface area contributed by atoms with Gasteiger partial charge in [0.15, 0.2) is 11.5 Å². The molecule has 0 aliphatic rings. The number of halogens is 1. The summed E-state index contributed by atoms with van der Waals surface area (Å²) in [5, 5.41) is 7.66. The molecule has 0 unspecified atom stereocenters. The van der Waals surface area contributed by atoms with Crippen molar-refractivity contribution in [2.75, 3.05) is 5.32 Å². The quantitative estimate of drug-likeness (QED) is 0.377. The first kappa shape index (κ1) is 18.3.